The smallest absolute Gasteiger partial charge is 0.0803 e. The summed E-state index contributed by atoms with van der Waals surface area (Å²) in [6.07, 6.45) is 3.93. The van der Waals surface area contributed by atoms with Crippen LogP contribution in [0.5, 0.6) is 0 Å². The van der Waals surface area contributed by atoms with Gasteiger partial charge in [-0.15, -0.1) is 11.3 Å². The Kier molecular flexibility index (Phi) is 1.02. The molecule has 0 radical (unpaired) electrons. The SMILES string of the molecule is C1=Cc2ncsc2CN1. The maximum atomic E-state index is 4.15. The fourth-order valence-electron chi connectivity index (χ4n) is 0.837. The molecule has 0 atom stereocenters. The zero-order chi connectivity index (χ0) is 6.10. The first kappa shape index (κ1) is 4.99. The van der Waals surface area contributed by atoms with Gasteiger partial charge < -0.3 is 5.32 Å². The highest BCUT2D eigenvalue weighted by Crippen LogP contribution is 2.16. The van der Waals surface area contributed by atoms with Crippen LogP contribution in [0.4, 0.5) is 0 Å². The second kappa shape index (κ2) is 1.84. The Balaban J connectivity index is 2.53. The highest BCUT2D eigenvalue weighted by Gasteiger charge is 2.03. The summed E-state index contributed by atoms with van der Waals surface area (Å²) in [6.45, 7) is 0.941. The molecule has 46 valence electrons. The zero-order valence-corrected chi connectivity index (χ0v) is 5.61. The molecule has 1 aromatic heterocycles. The summed E-state index contributed by atoms with van der Waals surface area (Å²) in [5.74, 6) is 0. The van der Waals surface area contributed by atoms with Crippen LogP contribution >= 0.6 is 11.3 Å². The molecule has 0 spiro atoms. The predicted molar refractivity (Wildman–Crippen MR) is 38.0 cm³/mol. The van der Waals surface area contributed by atoms with Crippen LogP contribution in [0.25, 0.3) is 6.08 Å². The van der Waals surface area contributed by atoms with Gasteiger partial charge in [-0.1, -0.05) is 0 Å². The maximum Gasteiger partial charge on any atom is 0.0803 e. The number of hydrogen-bond acceptors (Lipinski definition) is 3. The summed E-state index contributed by atoms with van der Waals surface area (Å²) >= 11 is 1.70. The predicted octanol–water partition coefficient (Wildman–Crippen LogP) is 1.22. The van der Waals surface area contributed by atoms with Crippen molar-refractivity contribution in [2.75, 3.05) is 0 Å². The lowest BCUT2D eigenvalue weighted by atomic mass is 10.3. The van der Waals surface area contributed by atoms with Gasteiger partial charge in [0.1, 0.15) is 0 Å². The van der Waals surface area contributed by atoms with Gasteiger partial charge in [0.2, 0.25) is 0 Å². The van der Waals surface area contributed by atoms with Crippen LogP contribution in [-0.4, -0.2) is 4.98 Å². The van der Waals surface area contributed by atoms with Crippen LogP contribution in [0.2, 0.25) is 0 Å². The second-order valence-corrected chi connectivity index (χ2v) is 2.81. The first-order chi connectivity index (χ1) is 4.47. The molecule has 1 aromatic rings. The van der Waals surface area contributed by atoms with E-state index in [1.54, 1.807) is 11.3 Å². The topological polar surface area (TPSA) is 24.9 Å². The standard InChI is InChI=1S/C6H6N2S/c1-2-7-3-6-5(1)8-4-9-6/h1-2,4,7H,3H2. The van der Waals surface area contributed by atoms with E-state index < -0.39 is 0 Å². The van der Waals surface area contributed by atoms with Gasteiger partial charge in [0.05, 0.1) is 22.6 Å². The van der Waals surface area contributed by atoms with Crippen LogP contribution in [0.1, 0.15) is 10.6 Å². The summed E-state index contributed by atoms with van der Waals surface area (Å²) in [6, 6.07) is 0. The van der Waals surface area contributed by atoms with Crippen molar-refractivity contribution in [3.63, 3.8) is 0 Å². The zero-order valence-electron chi connectivity index (χ0n) is 4.79. The van der Waals surface area contributed by atoms with E-state index in [4.69, 9.17) is 0 Å². The molecule has 2 nitrogen and oxygen atoms in total. The van der Waals surface area contributed by atoms with Gasteiger partial charge in [-0.25, -0.2) is 4.98 Å². The van der Waals surface area contributed by atoms with E-state index in [2.05, 4.69) is 10.3 Å². The Morgan fingerprint density at radius 1 is 1.67 bits per heavy atom. The normalized spacial score (nSPS) is 14.7. The third-order valence-corrected chi connectivity index (χ3v) is 2.14. The molecule has 0 bridgehead atoms. The minimum atomic E-state index is 0.941. The van der Waals surface area contributed by atoms with Crippen molar-refractivity contribution < 1.29 is 0 Å². The van der Waals surface area contributed by atoms with Gasteiger partial charge in [0.15, 0.2) is 0 Å². The van der Waals surface area contributed by atoms with Crippen molar-refractivity contribution in [3.8, 4) is 0 Å². The van der Waals surface area contributed by atoms with Gasteiger partial charge >= 0.3 is 0 Å². The Morgan fingerprint density at radius 2 is 2.67 bits per heavy atom. The van der Waals surface area contributed by atoms with E-state index in [9.17, 15) is 0 Å². The minimum Gasteiger partial charge on any atom is -0.386 e. The molecular formula is C6H6N2S. The largest absolute Gasteiger partial charge is 0.386 e. The molecule has 2 rings (SSSR count). The summed E-state index contributed by atoms with van der Waals surface area (Å²) in [7, 11) is 0. The molecule has 0 saturated carbocycles. The molecule has 1 N–H and O–H groups in total. The first-order valence-electron chi connectivity index (χ1n) is 2.79. The van der Waals surface area contributed by atoms with E-state index in [1.165, 1.54) is 4.88 Å². The molecule has 2 heterocycles. The van der Waals surface area contributed by atoms with E-state index in [0.717, 1.165) is 12.2 Å². The molecule has 1 aliphatic heterocycles. The fourth-order valence-corrected chi connectivity index (χ4v) is 1.54. The highest BCUT2D eigenvalue weighted by atomic mass is 32.1. The number of rotatable bonds is 0. The molecule has 0 fully saturated rings. The maximum absolute atomic E-state index is 4.15. The van der Waals surface area contributed by atoms with Gasteiger partial charge in [-0.2, -0.15) is 0 Å². The van der Waals surface area contributed by atoms with Crippen LogP contribution in [-0.2, 0) is 6.54 Å². The van der Waals surface area contributed by atoms with Crippen LogP contribution in [0, 0.1) is 0 Å². The van der Waals surface area contributed by atoms with Crippen LogP contribution in [0.3, 0.4) is 0 Å². The molecular weight excluding hydrogens is 132 g/mol. The first-order valence-corrected chi connectivity index (χ1v) is 3.67. The van der Waals surface area contributed by atoms with Gasteiger partial charge in [-0.3, -0.25) is 0 Å². The molecule has 0 aliphatic carbocycles. The Hall–Kier alpha value is -0.830. The number of nitrogens with one attached hydrogen (secondary N) is 1. The lowest BCUT2D eigenvalue weighted by molar-refractivity contribution is 0.871. The third kappa shape index (κ3) is 0.733. The van der Waals surface area contributed by atoms with Crippen molar-refractivity contribution in [1.29, 1.82) is 0 Å². The fraction of sp³-hybridized carbons (Fsp3) is 0.167. The molecule has 9 heavy (non-hydrogen) atoms. The molecule has 0 aromatic carbocycles. The lowest BCUT2D eigenvalue weighted by Gasteiger charge is -2.03. The molecule has 3 heteroatoms. The van der Waals surface area contributed by atoms with Crippen molar-refractivity contribution >= 4 is 17.4 Å². The quantitative estimate of drug-likeness (QED) is 0.583. The van der Waals surface area contributed by atoms with E-state index in [1.807, 2.05) is 17.8 Å². The average molecular weight is 138 g/mol. The Labute approximate surface area is 57.2 Å². The Bertz CT molecular complexity index is 239. The molecule has 0 amide bonds. The number of nitrogens with zero attached hydrogens (tertiary/aromatic N) is 1. The summed E-state index contributed by atoms with van der Waals surface area (Å²) in [4.78, 5) is 5.48. The molecule has 0 unspecified atom stereocenters. The van der Waals surface area contributed by atoms with Crippen molar-refractivity contribution in [3.05, 3.63) is 22.3 Å². The summed E-state index contributed by atoms with van der Waals surface area (Å²) in [5, 5.41) is 3.12. The molecule has 0 saturated heterocycles. The average Bonchev–Trinajstić information content (AvgIpc) is 2.33. The number of fused-ring (bicyclic) bond motifs is 1. The van der Waals surface area contributed by atoms with E-state index >= 15 is 0 Å². The number of thiazole rings is 1. The second-order valence-electron chi connectivity index (χ2n) is 1.88. The van der Waals surface area contributed by atoms with Crippen LogP contribution in [0.15, 0.2) is 11.7 Å². The van der Waals surface area contributed by atoms with Crippen LogP contribution < -0.4 is 5.32 Å². The Morgan fingerprint density at radius 3 is 3.56 bits per heavy atom. The minimum absolute atomic E-state index is 0.941. The summed E-state index contributed by atoms with van der Waals surface area (Å²) < 4.78 is 0. The highest BCUT2D eigenvalue weighted by molar-refractivity contribution is 7.09. The lowest BCUT2D eigenvalue weighted by Crippen LogP contribution is -2.07. The van der Waals surface area contributed by atoms with Crippen molar-refractivity contribution in [2.45, 2.75) is 6.54 Å². The van der Waals surface area contributed by atoms with Crippen molar-refractivity contribution in [2.24, 2.45) is 0 Å². The monoisotopic (exact) mass is 138 g/mol. The number of hydrogen-bond donors (Lipinski definition) is 1. The van der Waals surface area contributed by atoms with E-state index in [0.29, 0.717) is 0 Å². The van der Waals surface area contributed by atoms with Gasteiger partial charge in [0, 0.05) is 0 Å². The van der Waals surface area contributed by atoms with Gasteiger partial charge in [0.25, 0.3) is 0 Å². The third-order valence-electron chi connectivity index (χ3n) is 1.29. The van der Waals surface area contributed by atoms with E-state index in [-0.39, 0.29) is 0 Å². The molecule has 1 aliphatic rings. The number of aromatic nitrogens is 1. The van der Waals surface area contributed by atoms with Crippen molar-refractivity contribution in [1.82, 2.24) is 10.3 Å². The summed E-state index contributed by atoms with van der Waals surface area (Å²) in [5.41, 5.74) is 3.00. The van der Waals surface area contributed by atoms with Gasteiger partial charge in [-0.05, 0) is 12.3 Å².